The van der Waals surface area contributed by atoms with E-state index in [1.54, 1.807) is 11.3 Å². The van der Waals surface area contributed by atoms with Gasteiger partial charge in [0.2, 0.25) is 0 Å². The van der Waals surface area contributed by atoms with Gasteiger partial charge in [0, 0.05) is 30.0 Å². The van der Waals surface area contributed by atoms with Gasteiger partial charge in [-0.05, 0) is 43.7 Å². The molecule has 0 bridgehead atoms. The molecule has 0 saturated carbocycles. The third-order valence-electron chi connectivity index (χ3n) is 4.25. The smallest absolute Gasteiger partial charge is 0.257 e. The van der Waals surface area contributed by atoms with E-state index in [1.165, 1.54) is 10.4 Å². The van der Waals surface area contributed by atoms with Gasteiger partial charge in [-0.2, -0.15) is 0 Å². The predicted molar refractivity (Wildman–Crippen MR) is 90.6 cm³/mol. The summed E-state index contributed by atoms with van der Waals surface area (Å²) in [5.41, 5.74) is 4.15. The number of anilines is 1. The first kappa shape index (κ1) is 15.2. The van der Waals surface area contributed by atoms with Crippen LogP contribution in [0.2, 0.25) is 0 Å². The van der Waals surface area contributed by atoms with Gasteiger partial charge in [0.25, 0.3) is 5.91 Å². The Bertz CT molecular complexity index is 708. The number of aryl methyl sites for hydroxylation is 2. The van der Waals surface area contributed by atoms with Crippen LogP contribution >= 0.6 is 11.3 Å². The molecule has 0 unspecified atom stereocenters. The number of likely N-dealkylation sites (N-methyl/N-ethyl adjacent to an activating group) is 1. The van der Waals surface area contributed by atoms with E-state index in [4.69, 9.17) is 0 Å². The molecule has 116 valence electrons. The molecule has 0 atom stereocenters. The van der Waals surface area contributed by atoms with Crippen LogP contribution in [0.4, 0.5) is 5.13 Å². The summed E-state index contributed by atoms with van der Waals surface area (Å²) in [6.45, 7) is 9.30. The van der Waals surface area contributed by atoms with Crippen LogP contribution in [-0.2, 0) is 13.0 Å². The summed E-state index contributed by atoms with van der Waals surface area (Å²) in [6.07, 6.45) is 0.971. The molecule has 1 aromatic heterocycles. The van der Waals surface area contributed by atoms with Crippen molar-refractivity contribution >= 4 is 22.4 Å². The third-order valence-corrected chi connectivity index (χ3v) is 5.24. The largest absolute Gasteiger partial charge is 0.298 e. The summed E-state index contributed by atoms with van der Waals surface area (Å²) in [7, 11) is 0. The highest BCUT2D eigenvalue weighted by Crippen LogP contribution is 2.28. The Balaban J connectivity index is 1.75. The van der Waals surface area contributed by atoms with Gasteiger partial charge < -0.3 is 0 Å². The fraction of sp³-hybridized carbons (Fsp3) is 0.412. The van der Waals surface area contributed by atoms with Crippen molar-refractivity contribution in [1.29, 1.82) is 0 Å². The van der Waals surface area contributed by atoms with E-state index in [0.29, 0.717) is 10.7 Å². The number of aromatic nitrogens is 1. The molecule has 0 aliphatic carbocycles. The number of rotatable bonds is 3. The molecule has 0 radical (unpaired) electrons. The fourth-order valence-electron chi connectivity index (χ4n) is 2.62. The van der Waals surface area contributed by atoms with Crippen LogP contribution in [-0.4, -0.2) is 28.9 Å². The molecule has 1 amide bonds. The molecule has 2 aromatic rings. The maximum Gasteiger partial charge on any atom is 0.257 e. The van der Waals surface area contributed by atoms with Gasteiger partial charge in [-0.15, -0.1) is 11.3 Å². The van der Waals surface area contributed by atoms with Crippen LogP contribution < -0.4 is 5.32 Å². The highest BCUT2D eigenvalue weighted by atomic mass is 32.1. The lowest BCUT2D eigenvalue weighted by Crippen LogP contribution is -2.29. The minimum Gasteiger partial charge on any atom is -0.298 e. The minimum atomic E-state index is -0.0819. The zero-order valence-electron chi connectivity index (χ0n) is 13.3. The van der Waals surface area contributed by atoms with E-state index >= 15 is 0 Å². The van der Waals surface area contributed by atoms with Gasteiger partial charge >= 0.3 is 0 Å². The monoisotopic (exact) mass is 315 g/mol. The van der Waals surface area contributed by atoms with Gasteiger partial charge in [0.1, 0.15) is 0 Å². The maximum atomic E-state index is 12.4. The molecule has 1 aliphatic heterocycles. The van der Waals surface area contributed by atoms with Crippen molar-refractivity contribution in [3.8, 4) is 0 Å². The Hall–Kier alpha value is -1.72. The van der Waals surface area contributed by atoms with E-state index in [2.05, 4.69) is 22.1 Å². The summed E-state index contributed by atoms with van der Waals surface area (Å²) in [6, 6.07) is 5.78. The number of nitrogens with zero attached hydrogens (tertiary/aromatic N) is 2. The van der Waals surface area contributed by atoms with Crippen LogP contribution in [0, 0.1) is 13.8 Å². The van der Waals surface area contributed by atoms with Crippen molar-refractivity contribution in [1.82, 2.24) is 9.88 Å². The lowest BCUT2D eigenvalue weighted by Gasteiger charge is -2.23. The second-order valence-corrected chi connectivity index (χ2v) is 6.84. The molecule has 5 heteroatoms. The molecule has 0 fully saturated rings. The Morgan fingerprint density at radius 3 is 2.91 bits per heavy atom. The van der Waals surface area contributed by atoms with E-state index in [0.717, 1.165) is 37.3 Å². The second-order valence-electron chi connectivity index (χ2n) is 5.76. The Kier molecular flexibility index (Phi) is 4.27. The topological polar surface area (TPSA) is 45.2 Å². The van der Waals surface area contributed by atoms with E-state index in [-0.39, 0.29) is 5.91 Å². The first-order chi connectivity index (χ1) is 10.6. The van der Waals surface area contributed by atoms with Gasteiger partial charge in [0.15, 0.2) is 5.13 Å². The number of carbonyl (C=O) groups excluding carboxylic acids is 1. The number of fused-ring (bicyclic) bond motifs is 1. The maximum absolute atomic E-state index is 12.4. The quantitative estimate of drug-likeness (QED) is 0.944. The molecule has 22 heavy (non-hydrogen) atoms. The normalized spacial score (nSPS) is 14.7. The number of benzene rings is 1. The fourth-order valence-corrected chi connectivity index (χ4v) is 3.67. The first-order valence-corrected chi connectivity index (χ1v) is 8.48. The van der Waals surface area contributed by atoms with Crippen LogP contribution in [0.15, 0.2) is 18.2 Å². The van der Waals surface area contributed by atoms with Gasteiger partial charge in [-0.3, -0.25) is 15.0 Å². The zero-order chi connectivity index (χ0) is 15.7. The van der Waals surface area contributed by atoms with E-state index in [9.17, 15) is 4.79 Å². The summed E-state index contributed by atoms with van der Waals surface area (Å²) in [5.74, 6) is -0.0819. The lowest BCUT2D eigenvalue weighted by molar-refractivity contribution is 0.102. The number of hydrogen-bond donors (Lipinski definition) is 1. The molecule has 3 rings (SSSR count). The SMILES string of the molecule is CCN1CCc2nc(NC(=O)c3ccc(C)c(C)c3)sc2C1. The third kappa shape index (κ3) is 3.05. The summed E-state index contributed by atoms with van der Waals surface area (Å²) < 4.78 is 0. The van der Waals surface area contributed by atoms with E-state index < -0.39 is 0 Å². The number of carbonyl (C=O) groups is 1. The number of nitrogens with one attached hydrogen (secondary N) is 1. The average Bonchev–Trinajstić information content (AvgIpc) is 2.90. The van der Waals surface area contributed by atoms with Crippen molar-refractivity contribution in [2.45, 2.75) is 33.7 Å². The van der Waals surface area contributed by atoms with Crippen molar-refractivity contribution < 1.29 is 4.79 Å². The summed E-state index contributed by atoms with van der Waals surface area (Å²) in [5, 5.41) is 3.66. The van der Waals surface area contributed by atoms with Crippen LogP contribution in [0.1, 0.15) is 39.0 Å². The molecule has 1 N–H and O–H groups in total. The number of thiazole rings is 1. The Morgan fingerprint density at radius 2 is 2.18 bits per heavy atom. The molecular weight excluding hydrogens is 294 g/mol. The second kappa shape index (κ2) is 6.18. The predicted octanol–water partition coefficient (Wildman–Crippen LogP) is 3.39. The lowest BCUT2D eigenvalue weighted by atomic mass is 10.1. The van der Waals surface area contributed by atoms with Crippen LogP contribution in [0.3, 0.4) is 0 Å². The van der Waals surface area contributed by atoms with E-state index in [1.807, 2.05) is 32.0 Å². The molecule has 1 aromatic carbocycles. The number of hydrogen-bond acceptors (Lipinski definition) is 4. The van der Waals surface area contributed by atoms with Gasteiger partial charge in [-0.1, -0.05) is 13.0 Å². The minimum absolute atomic E-state index is 0.0819. The van der Waals surface area contributed by atoms with Gasteiger partial charge in [-0.25, -0.2) is 4.98 Å². The molecular formula is C17H21N3OS. The average molecular weight is 315 g/mol. The Labute approximate surface area is 135 Å². The molecule has 0 spiro atoms. The first-order valence-electron chi connectivity index (χ1n) is 7.66. The molecule has 0 saturated heterocycles. The van der Waals surface area contributed by atoms with Crippen molar-refractivity contribution in [3.05, 3.63) is 45.5 Å². The van der Waals surface area contributed by atoms with Crippen molar-refractivity contribution in [2.24, 2.45) is 0 Å². The molecule has 2 heterocycles. The summed E-state index contributed by atoms with van der Waals surface area (Å²) in [4.78, 5) is 20.6. The molecule has 1 aliphatic rings. The highest BCUT2D eigenvalue weighted by Gasteiger charge is 2.20. The zero-order valence-corrected chi connectivity index (χ0v) is 14.1. The van der Waals surface area contributed by atoms with Gasteiger partial charge in [0.05, 0.1) is 5.69 Å². The molecule has 4 nitrogen and oxygen atoms in total. The van der Waals surface area contributed by atoms with Crippen LogP contribution in [0.25, 0.3) is 0 Å². The van der Waals surface area contributed by atoms with Crippen molar-refractivity contribution in [3.63, 3.8) is 0 Å². The van der Waals surface area contributed by atoms with Crippen LogP contribution in [0.5, 0.6) is 0 Å². The number of amides is 1. The standard InChI is InChI=1S/C17H21N3OS/c1-4-20-8-7-14-15(10-20)22-17(18-14)19-16(21)13-6-5-11(2)12(3)9-13/h5-6,9H,4,7-8,10H2,1-3H3,(H,18,19,21). The highest BCUT2D eigenvalue weighted by molar-refractivity contribution is 7.15. The van der Waals surface area contributed by atoms with Crippen molar-refractivity contribution in [2.75, 3.05) is 18.4 Å². The Morgan fingerprint density at radius 1 is 1.36 bits per heavy atom. The summed E-state index contributed by atoms with van der Waals surface area (Å²) >= 11 is 1.60.